The number of amides is 2. The van der Waals surface area contributed by atoms with Crippen molar-refractivity contribution in [3.05, 3.63) is 72.3 Å². The van der Waals surface area contributed by atoms with Gasteiger partial charge in [0, 0.05) is 18.3 Å². The van der Waals surface area contributed by atoms with Gasteiger partial charge in [0.2, 0.25) is 15.6 Å². The second-order valence-corrected chi connectivity index (χ2v) is 9.99. The van der Waals surface area contributed by atoms with Crippen molar-refractivity contribution < 1.29 is 9.59 Å². The van der Waals surface area contributed by atoms with E-state index in [4.69, 9.17) is 47.0 Å². The highest BCUT2D eigenvalue weighted by Crippen LogP contribution is 2.29. The van der Waals surface area contributed by atoms with E-state index in [1.165, 1.54) is 6.92 Å². The van der Waals surface area contributed by atoms with Crippen LogP contribution in [0.15, 0.2) is 66.7 Å². The normalized spacial score (nSPS) is 12.0. The molecule has 33 heavy (non-hydrogen) atoms. The van der Waals surface area contributed by atoms with Crippen LogP contribution < -0.4 is 21.3 Å². The first-order valence-corrected chi connectivity index (χ1v) is 11.4. The van der Waals surface area contributed by atoms with Crippen LogP contribution in [0, 0.1) is 0 Å². The summed E-state index contributed by atoms with van der Waals surface area (Å²) in [5.74, 6) is -0.504. The van der Waals surface area contributed by atoms with E-state index in [-0.39, 0.29) is 23.3 Å². The van der Waals surface area contributed by atoms with E-state index in [1.807, 2.05) is 42.5 Å². The zero-order chi connectivity index (χ0) is 24.0. The fourth-order valence-corrected chi connectivity index (χ4v) is 3.73. The third-order valence-electron chi connectivity index (χ3n) is 4.60. The largest absolute Gasteiger partial charge is 0.339 e. The molecule has 0 spiro atoms. The Labute approximate surface area is 212 Å². The molecule has 1 atom stereocenters. The average molecular weight is 524 g/mol. The Morgan fingerprint density at radius 3 is 2.12 bits per heavy atom. The Hall–Kier alpha value is -2.58. The van der Waals surface area contributed by atoms with Gasteiger partial charge in [0.25, 0.3) is 0 Å². The smallest absolute Gasteiger partial charge is 0.228 e. The summed E-state index contributed by atoms with van der Waals surface area (Å²) in [5, 5.41) is 13.3. The molecule has 0 radical (unpaired) electrons. The SMILES string of the molecule is CC(=O)Nc1ccc(NC(=S)NC(NC(=O)Cc2cccc3ccccc23)C(Cl)(Cl)Cl)cc1. The van der Waals surface area contributed by atoms with Crippen LogP contribution in [-0.2, 0) is 16.0 Å². The maximum atomic E-state index is 12.8. The number of nitrogens with one attached hydrogen (secondary N) is 4. The van der Waals surface area contributed by atoms with Crippen molar-refractivity contribution in [3.8, 4) is 0 Å². The maximum Gasteiger partial charge on any atom is 0.228 e. The lowest BCUT2D eigenvalue weighted by Gasteiger charge is -2.28. The van der Waals surface area contributed by atoms with Crippen molar-refractivity contribution in [1.29, 1.82) is 0 Å². The summed E-state index contributed by atoms with van der Waals surface area (Å²) in [6.45, 7) is 1.43. The molecule has 0 saturated carbocycles. The molecule has 0 aliphatic heterocycles. The molecule has 10 heteroatoms. The van der Waals surface area contributed by atoms with Gasteiger partial charge in [-0.3, -0.25) is 9.59 Å². The first-order chi connectivity index (χ1) is 15.6. The van der Waals surface area contributed by atoms with Gasteiger partial charge >= 0.3 is 0 Å². The van der Waals surface area contributed by atoms with Crippen molar-refractivity contribution in [2.24, 2.45) is 0 Å². The fourth-order valence-electron chi connectivity index (χ4n) is 3.17. The monoisotopic (exact) mass is 522 g/mol. The number of halogens is 3. The van der Waals surface area contributed by atoms with E-state index in [2.05, 4.69) is 21.3 Å². The van der Waals surface area contributed by atoms with Crippen molar-refractivity contribution >= 4 is 86.1 Å². The zero-order valence-corrected chi connectivity index (χ0v) is 20.6. The standard InChI is InChI=1S/C23H21Cl3N4O2S/c1-14(31)27-17-9-11-18(12-10-17)28-22(33)30-21(23(24,25)26)29-20(32)13-16-7-4-6-15-5-2-3-8-19(15)16/h2-12,21H,13H2,1H3,(H,27,31)(H,29,32)(H2,28,30,33). The summed E-state index contributed by atoms with van der Waals surface area (Å²) in [6, 6.07) is 20.4. The number of fused-ring (bicyclic) bond motifs is 1. The summed E-state index contributed by atoms with van der Waals surface area (Å²) in [7, 11) is 0. The van der Waals surface area contributed by atoms with Gasteiger partial charge in [-0.25, -0.2) is 0 Å². The summed E-state index contributed by atoms with van der Waals surface area (Å²) in [5.41, 5.74) is 2.15. The Kier molecular flexibility index (Phi) is 8.37. The molecule has 2 amide bonds. The molecular weight excluding hydrogens is 503 g/mol. The predicted molar refractivity (Wildman–Crippen MR) is 140 cm³/mol. The summed E-state index contributed by atoms with van der Waals surface area (Å²) in [6.07, 6.45) is -0.978. The molecule has 0 aliphatic rings. The van der Waals surface area contributed by atoms with Gasteiger partial charge in [0.15, 0.2) is 5.11 Å². The number of hydrogen-bond acceptors (Lipinski definition) is 3. The van der Waals surface area contributed by atoms with Crippen LogP contribution in [-0.4, -0.2) is 26.9 Å². The van der Waals surface area contributed by atoms with E-state index in [0.29, 0.717) is 11.4 Å². The van der Waals surface area contributed by atoms with Crippen molar-refractivity contribution in [3.63, 3.8) is 0 Å². The fraction of sp³-hybridized carbons (Fsp3) is 0.174. The van der Waals surface area contributed by atoms with Gasteiger partial charge in [0.05, 0.1) is 6.42 Å². The van der Waals surface area contributed by atoms with Crippen LogP contribution in [0.4, 0.5) is 11.4 Å². The first kappa shape index (κ1) is 25.1. The second-order valence-electron chi connectivity index (χ2n) is 7.21. The van der Waals surface area contributed by atoms with Crippen LogP contribution in [0.5, 0.6) is 0 Å². The first-order valence-electron chi connectivity index (χ1n) is 9.90. The Morgan fingerprint density at radius 2 is 1.48 bits per heavy atom. The van der Waals surface area contributed by atoms with Crippen LogP contribution in [0.3, 0.4) is 0 Å². The third-order valence-corrected chi connectivity index (χ3v) is 5.48. The van der Waals surface area contributed by atoms with E-state index in [0.717, 1.165) is 16.3 Å². The number of rotatable bonds is 6. The summed E-state index contributed by atoms with van der Waals surface area (Å²) >= 11 is 23.6. The van der Waals surface area contributed by atoms with Crippen molar-refractivity contribution in [2.45, 2.75) is 23.3 Å². The van der Waals surface area contributed by atoms with E-state index in [9.17, 15) is 9.59 Å². The lowest BCUT2D eigenvalue weighted by molar-refractivity contribution is -0.121. The summed E-state index contributed by atoms with van der Waals surface area (Å²) < 4.78 is -1.87. The molecule has 0 aromatic heterocycles. The Balaban J connectivity index is 1.64. The minimum atomic E-state index is -1.87. The quantitative estimate of drug-likeness (QED) is 0.204. The number of thiocarbonyl (C=S) groups is 1. The number of alkyl halides is 3. The molecule has 0 bridgehead atoms. The molecule has 0 heterocycles. The zero-order valence-electron chi connectivity index (χ0n) is 17.5. The molecule has 0 fully saturated rings. The lowest BCUT2D eigenvalue weighted by Crippen LogP contribution is -2.56. The minimum absolute atomic E-state index is 0.102. The molecule has 0 saturated heterocycles. The minimum Gasteiger partial charge on any atom is -0.339 e. The number of carbonyl (C=O) groups excluding carboxylic acids is 2. The van der Waals surface area contributed by atoms with Crippen molar-refractivity contribution in [1.82, 2.24) is 10.6 Å². The number of hydrogen-bond donors (Lipinski definition) is 4. The molecule has 172 valence electrons. The number of anilines is 2. The lowest BCUT2D eigenvalue weighted by atomic mass is 10.0. The highest BCUT2D eigenvalue weighted by Gasteiger charge is 2.34. The van der Waals surface area contributed by atoms with Gasteiger partial charge in [0.1, 0.15) is 6.17 Å². The van der Waals surface area contributed by atoms with Crippen LogP contribution in [0.1, 0.15) is 12.5 Å². The second kappa shape index (κ2) is 11.0. The highest BCUT2D eigenvalue weighted by atomic mass is 35.6. The molecule has 3 aromatic rings. The van der Waals surface area contributed by atoms with Crippen LogP contribution in [0.2, 0.25) is 0 Å². The Bertz CT molecular complexity index is 1160. The molecule has 6 nitrogen and oxygen atoms in total. The number of benzene rings is 3. The van der Waals surface area contributed by atoms with Gasteiger partial charge in [-0.2, -0.15) is 0 Å². The topological polar surface area (TPSA) is 82.3 Å². The van der Waals surface area contributed by atoms with Crippen molar-refractivity contribution in [2.75, 3.05) is 10.6 Å². The number of carbonyl (C=O) groups is 2. The molecule has 3 aromatic carbocycles. The van der Waals surface area contributed by atoms with Gasteiger partial charge in [-0.15, -0.1) is 0 Å². The highest BCUT2D eigenvalue weighted by molar-refractivity contribution is 7.80. The van der Waals surface area contributed by atoms with Crippen LogP contribution in [0.25, 0.3) is 10.8 Å². The maximum absolute atomic E-state index is 12.8. The van der Waals surface area contributed by atoms with E-state index < -0.39 is 9.96 Å². The van der Waals surface area contributed by atoms with Crippen LogP contribution >= 0.6 is 47.0 Å². The van der Waals surface area contributed by atoms with Gasteiger partial charge in [-0.1, -0.05) is 77.3 Å². The molecule has 4 N–H and O–H groups in total. The summed E-state index contributed by atoms with van der Waals surface area (Å²) in [4.78, 5) is 23.9. The van der Waals surface area contributed by atoms with Gasteiger partial charge in [-0.05, 0) is 52.8 Å². The third kappa shape index (κ3) is 7.47. The van der Waals surface area contributed by atoms with E-state index >= 15 is 0 Å². The molecule has 0 aliphatic carbocycles. The van der Waals surface area contributed by atoms with E-state index in [1.54, 1.807) is 24.3 Å². The molecular formula is C23H21Cl3N4O2S. The predicted octanol–water partition coefficient (Wildman–Crippen LogP) is 5.14. The Morgan fingerprint density at radius 1 is 0.879 bits per heavy atom. The molecule has 3 rings (SSSR count). The average Bonchev–Trinajstić information content (AvgIpc) is 2.74. The van der Waals surface area contributed by atoms with Gasteiger partial charge < -0.3 is 21.3 Å². The molecule has 1 unspecified atom stereocenters.